The third-order valence-electron chi connectivity index (χ3n) is 8.03. The lowest BCUT2D eigenvalue weighted by atomic mass is 9.99. The summed E-state index contributed by atoms with van der Waals surface area (Å²) < 4.78 is 0. The highest BCUT2D eigenvalue weighted by Gasteiger charge is 2.31. The molecule has 4 aromatic rings. The van der Waals surface area contributed by atoms with E-state index in [9.17, 15) is 19.2 Å². The largest absolute Gasteiger partial charge is 0.350 e. The second-order valence-corrected chi connectivity index (χ2v) is 12.7. The van der Waals surface area contributed by atoms with Gasteiger partial charge in [0.1, 0.15) is 12.1 Å². The van der Waals surface area contributed by atoms with E-state index in [0.29, 0.717) is 6.42 Å². The SMILES string of the molecule is C[C@H](NC(=O)[C@@H](Cc1ccc2ccccc2c1)NC(=O)C(C)(C)N)C(=O)N(CC(=O)N[C@@H](CN)Cc1ccccc1)Cc1ccccc1. The zero-order chi connectivity index (χ0) is 34.7. The number of nitrogens with two attached hydrogens (primary N) is 2. The molecule has 0 heterocycles. The van der Waals surface area contributed by atoms with Crippen LogP contribution in [0.2, 0.25) is 0 Å². The number of nitrogens with zero attached hydrogens (tertiary/aromatic N) is 1. The highest BCUT2D eigenvalue weighted by molar-refractivity contribution is 5.95. The minimum absolute atomic E-state index is 0.151. The summed E-state index contributed by atoms with van der Waals surface area (Å²) >= 11 is 0. The van der Waals surface area contributed by atoms with Gasteiger partial charge in [0.15, 0.2) is 0 Å². The molecule has 0 saturated heterocycles. The average molecular weight is 651 g/mol. The Balaban J connectivity index is 1.49. The standard InChI is InChI=1S/C38H46N6O4/c1-26(41-35(46)33(43-37(48)38(2,3)40)22-29-18-19-30-16-10-11-17-31(30)20-29)36(47)44(24-28-14-8-5-9-15-28)25-34(45)42-32(23-39)21-27-12-6-4-7-13-27/h4-20,26,32-33H,21-25,39-40H2,1-3H3,(H,41,46)(H,42,45)(H,43,48)/t26-,32+,33+/m0/s1. The van der Waals surface area contributed by atoms with Crippen molar-refractivity contribution in [2.45, 2.75) is 63.8 Å². The highest BCUT2D eigenvalue weighted by Crippen LogP contribution is 2.17. The minimum Gasteiger partial charge on any atom is -0.350 e. The zero-order valence-corrected chi connectivity index (χ0v) is 27.8. The molecule has 10 heteroatoms. The van der Waals surface area contributed by atoms with E-state index >= 15 is 0 Å². The monoisotopic (exact) mass is 650 g/mol. The summed E-state index contributed by atoms with van der Waals surface area (Å²) in [6.45, 7) is 4.82. The van der Waals surface area contributed by atoms with Crippen LogP contribution in [0.5, 0.6) is 0 Å². The second-order valence-electron chi connectivity index (χ2n) is 12.7. The van der Waals surface area contributed by atoms with Gasteiger partial charge in [-0.3, -0.25) is 19.2 Å². The maximum Gasteiger partial charge on any atom is 0.245 e. The van der Waals surface area contributed by atoms with Crippen LogP contribution in [0.3, 0.4) is 0 Å². The van der Waals surface area contributed by atoms with Crippen molar-refractivity contribution in [1.82, 2.24) is 20.9 Å². The van der Waals surface area contributed by atoms with Crippen molar-refractivity contribution in [1.29, 1.82) is 0 Å². The predicted molar refractivity (Wildman–Crippen MR) is 188 cm³/mol. The highest BCUT2D eigenvalue weighted by atomic mass is 16.2. The molecular formula is C38H46N6O4. The third-order valence-corrected chi connectivity index (χ3v) is 8.03. The summed E-state index contributed by atoms with van der Waals surface area (Å²) in [5.41, 5.74) is 13.5. The maximum absolute atomic E-state index is 13.9. The molecule has 7 N–H and O–H groups in total. The number of benzene rings is 4. The summed E-state index contributed by atoms with van der Waals surface area (Å²) in [7, 11) is 0. The van der Waals surface area contributed by atoms with Crippen molar-refractivity contribution in [3.8, 4) is 0 Å². The lowest BCUT2D eigenvalue weighted by Crippen LogP contribution is -2.58. The van der Waals surface area contributed by atoms with E-state index in [4.69, 9.17) is 11.5 Å². The molecule has 4 rings (SSSR count). The van der Waals surface area contributed by atoms with Gasteiger partial charge in [0, 0.05) is 25.6 Å². The number of fused-ring (bicyclic) bond motifs is 1. The van der Waals surface area contributed by atoms with E-state index < -0.39 is 35.3 Å². The summed E-state index contributed by atoms with van der Waals surface area (Å²) in [5, 5.41) is 10.6. The number of hydrogen-bond acceptors (Lipinski definition) is 6. The first-order valence-corrected chi connectivity index (χ1v) is 16.2. The van der Waals surface area contributed by atoms with Gasteiger partial charge >= 0.3 is 0 Å². The number of nitrogens with one attached hydrogen (secondary N) is 3. The number of hydrogen-bond donors (Lipinski definition) is 5. The van der Waals surface area contributed by atoms with Gasteiger partial charge in [0.2, 0.25) is 23.6 Å². The molecule has 0 aromatic heterocycles. The molecule has 0 aliphatic heterocycles. The van der Waals surface area contributed by atoms with Crippen molar-refractivity contribution in [3.63, 3.8) is 0 Å². The van der Waals surface area contributed by atoms with Crippen molar-refractivity contribution in [2.24, 2.45) is 11.5 Å². The van der Waals surface area contributed by atoms with Crippen LogP contribution in [0, 0.1) is 0 Å². The molecule has 0 radical (unpaired) electrons. The fourth-order valence-electron chi connectivity index (χ4n) is 5.36. The molecule has 0 saturated carbocycles. The van der Waals surface area contributed by atoms with E-state index in [1.807, 2.05) is 103 Å². The molecule has 0 spiro atoms. The van der Waals surface area contributed by atoms with Gasteiger partial charge in [-0.25, -0.2) is 0 Å². The second kappa shape index (κ2) is 16.7. The Bertz CT molecular complexity index is 1690. The van der Waals surface area contributed by atoms with Gasteiger partial charge in [-0.05, 0) is 54.7 Å². The molecule has 0 bridgehead atoms. The van der Waals surface area contributed by atoms with Crippen LogP contribution in [-0.2, 0) is 38.6 Å². The Labute approximate surface area is 282 Å². The molecule has 252 valence electrons. The van der Waals surface area contributed by atoms with Crippen LogP contribution < -0.4 is 27.4 Å². The van der Waals surface area contributed by atoms with Crippen LogP contribution in [0.4, 0.5) is 0 Å². The van der Waals surface area contributed by atoms with Crippen LogP contribution >= 0.6 is 0 Å². The molecule has 0 fully saturated rings. The van der Waals surface area contributed by atoms with Gasteiger partial charge in [-0.15, -0.1) is 0 Å². The first-order valence-electron chi connectivity index (χ1n) is 16.2. The first kappa shape index (κ1) is 35.8. The van der Waals surface area contributed by atoms with Crippen molar-refractivity contribution >= 4 is 34.4 Å². The fraction of sp³-hybridized carbons (Fsp3) is 0.316. The van der Waals surface area contributed by atoms with Gasteiger partial charge in [-0.2, -0.15) is 0 Å². The molecule has 3 atom stereocenters. The fourth-order valence-corrected chi connectivity index (χ4v) is 5.36. The van der Waals surface area contributed by atoms with E-state index in [2.05, 4.69) is 16.0 Å². The normalized spacial score (nSPS) is 13.2. The van der Waals surface area contributed by atoms with Crippen LogP contribution in [0.25, 0.3) is 10.8 Å². The Kier molecular flexibility index (Phi) is 12.4. The molecule has 10 nitrogen and oxygen atoms in total. The Morgan fingerprint density at radius 2 is 1.33 bits per heavy atom. The van der Waals surface area contributed by atoms with E-state index in [-0.39, 0.29) is 38.0 Å². The molecule has 48 heavy (non-hydrogen) atoms. The molecule has 0 aliphatic carbocycles. The van der Waals surface area contributed by atoms with E-state index in [0.717, 1.165) is 27.5 Å². The number of carbonyl (C=O) groups is 4. The first-order chi connectivity index (χ1) is 22.9. The quantitative estimate of drug-likeness (QED) is 0.133. The maximum atomic E-state index is 13.9. The lowest BCUT2D eigenvalue weighted by molar-refractivity contribution is -0.140. The van der Waals surface area contributed by atoms with E-state index in [1.165, 1.54) is 4.90 Å². The van der Waals surface area contributed by atoms with Crippen LogP contribution in [0.1, 0.15) is 37.5 Å². The molecular weight excluding hydrogens is 604 g/mol. The van der Waals surface area contributed by atoms with E-state index in [1.54, 1.807) is 20.8 Å². The lowest BCUT2D eigenvalue weighted by Gasteiger charge is -2.29. The minimum atomic E-state index is -1.23. The van der Waals surface area contributed by atoms with Gasteiger partial charge in [-0.1, -0.05) is 103 Å². The number of carbonyl (C=O) groups excluding carboxylic acids is 4. The molecule has 4 aromatic carbocycles. The number of rotatable bonds is 15. The Morgan fingerprint density at radius 1 is 0.729 bits per heavy atom. The number of amides is 4. The topological polar surface area (TPSA) is 160 Å². The van der Waals surface area contributed by atoms with Gasteiger partial charge < -0.3 is 32.3 Å². The summed E-state index contributed by atoms with van der Waals surface area (Å²) in [6.07, 6.45) is 0.726. The van der Waals surface area contributed by atoms with Gasteiger partial charge in [0.05, 0.1) is 12.1 Å². The molecule has 0 aliphatic rings. The van der Waals surface area contributed by atoms with Crippen molar-refractivity contribution in [3.05, 3.63) is 120 Å². The summed E-state index contributed by atoms with van der Waals surface area (Å²) in [5.74, 6) is -1.87. The Morgan fingerprint density at radius 3 is 1.96 bits per heavy atom. The zero-order valence-electron chi connectivity index (χ0n) is 27.8. The molecule has 0 unspecified atom stereocenters. The third kappa shape index (κ3) is 10.5. The van der Waals surface area contributed by atoms with Crippen molar-refractivity contribution < 1.29 is 19.2 Å². The summed E-state index contributed by atoms with van der Waals surface area (Å²) in [6, 6.07) is 30.4. The summed E-state index contributed by atoms with van der Waals surface area (Å²) in [4.78, 5) is 55.2. The average Bonchev–Trinajstić information content (AvgIpc) is 3.07. The smallest absolute Gasteiger partial charge is 0.245 e. The molecule has 4 amide bonds. The van der Waals surface area contributed by atoms with Crippen LogP contribution in [0.15, 0.2) is 103 Å². The van der Waals surface area contributed by atoms with Gasteiger partial charge in [0.25, 0.3) is 0 Å². The van der Waals surface area contributed by atoms with Crippen LogP contribution in [-0.4, -0.2) is 65.3 Å². The van der Waals surface area contributed by atoms with Crippen molar-refractivity contribution in [2.75, 3.05) is 13.1 Å². The Hall–Kier alpha value is -5.06. The predicted octanol–water partition coefficient (Wildman–Crippen LogP) is 2.82.